The van der Waals surface area contributed by atoms with Gasteiger partial charge in [-0.25, -0.2) is 9.97 Å². The van der Waals surface area contributed by atoms with Crippen molar-refractivity contribution in [2.75, 3.05) is 25.6 Å². The van der Waals surface area contributed by atoms with Gasteiger partial charge in [0.1, 0.15) is 18.4 Å². The molecule has 0 atom stereocenters. The lowest BCUT2D eigenvalue weighted by atomic mass is 10.1. The summed E-state index contributed by atoms with van der Waals surface area (Å²) in [5, 5.41) is 13.5. The summed E-state index contributed by atoms with van der Waals surface area (Å²) in [7, 11) is 1.63. The molecule has 0 radical (unpaired) electrons. The second-order valence-electron chi connectivity index (χ2n) is 5.38. The molecular weight excluding hydrogens is 316 g/mol. The van der Waals surface area contributed by atoms with Crippen LogP contribution in [0.3, 0.4) is 0 Å². The highest BCUT2D eigenvalue weighted by Gasteiger charge is 2.05. The Labute approximate surface area is 146 Å². The lowest BCUT2D eigenvalue weighted by Gasteiger charge is -2.10. The minimum absolute atomic E-state index is 0.390. The van der Waals surface area contributed by atoms with Gasteiger partial charge in [-0.15, -0.1) is 0 Å². The molecule has 6 heteroatoms. The summed E-state index contributed by atoms with van der Waals surface area (Å²) in [5.74, 6) is 0.571. The van der Waals surface area contributed by atoms with Crippen LogP contribution in [0.4, 0.5) is 5.69 Å². The zero-order valence-electron chi connectivity index (χ0n) is 13.9. The molecule has 0 bridgehead atoms. The molecule has 0 unspecified atom stereocenters. The van der Waals surface area contributed by atoms with E-state index in [1.54, 1.807) is 19.4 Å². The molecule has 0 saturated heterocycles. The number of aromatic nitrogens is 2. The first-order chi connectivity index (χ1) is 12.3. The van der Waals surface area contributed by atoms with E-state index in [4.69, 9.17) is 14.7 Å². The third kappa shape index (κ3) is 4.22. The lowest BCUT2D eigenvalue weighted by Crippen LogP contribution is -2.06. The smallest absolute Gasteiger partial charge is 0.213 e. The first-order valence-corrected chi connectivity index (χ1v) is 7.90. The third-order valence-corrected chi connectivity index (χ3v) is 3.65. The van der Waals surface area contributed by atoms with Crippen LogP contribution in [0.5, 0.6) is 5.88 Å². The highest BCUT2D eigenvalue weighted by Crippen LogP contribution is 2.23. The number of nitriles is 1. The monoisotopic (exact) mass is 334 g/mol. The minimum atomic E-state index is 0.390. The van der Waals surface area contributed by atoms with Gasteiger partial charge in [-0.1, -0.05) is 24.3 Å². The molecular formula is C19H18N4O2. The van der Waals surface area contributed by atoms with Gasteiger partial charge in [0.25, 0.3) is 0 Å². The van der Waals surface area contributed by atoms with Crippen LogP contribution in [0, 0.1) is 11.3 Å². The van der Waals surface area contributed by atoms with Gasteiger partial charge in [-0.3, -0.25) is 0 Å². The molecule has 0 fully saturated rings. The molecule has 3 aromatic rings. The molecule has 2 heterocycles. The summed E-state index contributed by atoms with van der Waals surface area (Å²) < 4.78 is 10.4. The standard InChI is InChI=1S/C19H18N4O2/c1-24-8-9-25-19-7-6-14(13-22-19)12-21-18-10-15(11-20)23-17-5-3-2-4-16(17)18/h2-7,10,13H,8-9,12H2,1H3,(H,21,23). The summed E-state index contributed by atoms with van der Waals surface area (Å²) in [4.78, 5) is 8.59. The number of nitrogens with zero attached hydrogens (tertiary/aromatic N) is 3. The predicted molar refractivity (Wildman–Crippen MR) is 95.4 cm³/mol. The van der Waals surface area contributed by atoms with Crippen LogP contribution in [0.1, 0.15) is 11.3 Å². The van der Waals surface area contributed by atoms with E-state index in [-0.39, 0.29) is 0 Å². The summed E-state index contributed by atoms with van der Waals surface area (Å²) >= 11 is 0. The Bertz CT molecular complexity index is 888. The molecule has 0 aliphatic heterocycles. The van der Waals surface area contributed by atoms with Gasteiger partial charge in [-0.05, 0) is 17.7 Å². The number of methoxy groups -OCH3 is 1. The van der Waals surface area contributed by atoms with Gasteiger partial charge < -0.3 is 14.8 Å². The van der Waals surface area contributed by atoms with E-state index in [0.717, 1.165) is 22.2 Å². The predicted octanol–water partition coefficient (Wildman–Crippen LogP) is 3.14. The Kier molecular flexibility index (Phi) is 5.39. The molecule has 2 aromatic heterocycles. The van der Waals surface area contributed by atoms with Crippen molar-refractivity contribution in [2.45, 2.75) is 6.54 Å². The number of hydrogen-bond acceptors (Lipinski definition) is 6. The van der Waals surface area contributed by atoms with Crippen molar-refractivity contribution in [1.29, 1.82) is 5.26 Å². The van der Waals surface area contributed by atoms with Gasteiger partial charge in [0, 0.05) is 37.0 Å². The molecule has 0 spiro atoms. The van der Waals surface area contributed by atoms with Gasteiger partial charge in [-0.2, -0.15) is 5.26 Å². The molecule has 0 aliphatic rings. The highest BCUT2D eigenvalue weighted by molar-refractivity contribution is 5.91. The Balaban J connectivity index is 1.71. The molecule has 0 amide bonds. The van der Waals surface area contributed by atoms with E-state index < -0.39 is 0 Å². The largest absolute Gasteiger partial charge is 0.475 e. The van der Waals surface area contributed by atoms with Crippen LogP contribution in [0.15, 0.2) is 48.7 Å². The zero-order valence-corrected chi connectivity index (χ0v) is 13.9. The number of para-hydroxylation sites is 1. The highest BCUT2D eigenvalue weighted by atomic mass is 16.5. The topological polar surface area (TPSA) is 80.1 Å². The number of benzene rings is 1. The molecule has 0 aliphatic carbocycles. The second-order valence-corrected chi connectivity index (χ2v) is 5.38. The Morgan fingerprint density at radius 2 is 2.04 bits per heavy atom. The Hall–Kier alpha value is -3.17. The summed E-state index contributed by atoms with van der Waals surface area (Å²) in [5.41, 5.74) is 3.08. The van der Waals surface area contributed by atoms with E-state index in [0.29, 0.717) is 31.3 Å². The van der Waals surface area contributed by atoms with Crippen LogP contribution >= 0.6 is 0 Å². The summed E-state index contributed by atoms with van der Waals surface area (Å²) in [6.07, 6.45) is 1.77. The number of hydrogen-bond donors (Lipinski definition) is 1. The average Bonchev–Trinajstić information content (AvgIpc) is 2.67. The molecule has 0 saturated carbocycles. The number of anilines is 1. The molecule has 3 rings (SSSR count). The first kappa shape index (κ1) is 16.7. The van der Waals surface area contributed by atoms with Gasteiger partial charge in [0.2, 0.25) is 5.88 Å². The van der Waals surface area contributed by atoms with Gasteiger partial charge >= 0.3 is 0 Å². The summed E-state index contributed by atoms with van der Waals surface area (Å²) in [6.45, 7) is 1.59. The van der Waals surface area contributed by atoms with Crippen LogP contribution in [0.25, 0.3) is 10.9 Å². The summed E-state index contributed by atoms with van der Waals surface area (Å²) in [6, 6.07) is 15.4. The molecule has 25 heavy (non-hydrogen) atoms. The van der Waals surface area contributed by atoms with E-state index >= 15 is 0 Å². The fourth-order valence-electron chi connectivity index (χ4n) is 2.41. The van der Waals surface area contributed by atoms with Crippen molar-refractivity contribution >= 4 is 16.6 Å². The number of nitrogens with one attached hydrogen (secondary N) is 1. The third-order valence-electron chi connectivity index (χ3n) is 3.65. The van der Waals surface area contributed by atoms with Crippen LogP contribution < -0.4 is 10.1 Å². The van der Waals surface area contributed by atoms with Gasteiger partial charge in [0.05, 0.1) is 12.1 Å². The van der Waals surface area contributed by atoms with Crippen molar-refractivity contribution in [2.24, 2.45) is 0 Å². The molecule has 6 nitrogen and oxygen atoms in total. The van der Waals surface area contributed by atoms with Crippen molar-refractivity contribution in [3.8, 4) is 11.9 Å². The molecule has 1 aromatic carbocycles. The molecule has 126 valence electrons. The fraction of sp³-hybridized carbons (Fsp3) is 0.211. The molecule has 1 N–H and O–H groups in total. The van der Waals surface area contributed by atoms with E-state index in [9.17, 15) is 0 Å². The second kappa shape index (κ2) is 8.08. The van der Waals surface area contributed by atoms with E-state index in [1.165, 1.54) is 0 Å². The normalized spacial score (nSPS) is 10.4. The first-order valence-electron chi connectivity index (χ1n) is 7.90. The van der Waals surface area contributed by atoms with Crippen molar-refractivity contribution in [3.05, 3.63) is 59.9 Å². The lowest BCUT2D eigenvalue weighted by molar-refractivity contribution is 0.143. The van der Waals surface area contributed by atoms with Gasteiger partial charge in [0.15, 0.2) is 0 Å². The zero-order chi connectivity index (χ0) is 17.5. The Morgan fingerprint density at radius 3 is 2.80 bits per heavy atom. The van der Waals surface area contributed by atoms with Crippen molar-refractivity contribution in [1.82, 2.24) is 9.97 Å². The average molecular weight is 334 g/mol. The maximum absolute atomic E-state index is 9.15. The SMILES string of the molecule is COCCOc1ccc(CNc2cc(C#N)nc3ccccc23)cn1. The Morgan fingerprint density at radius 1 is 1.16 bits per heavy atom. The minimum Gasteiger partial charge on any atom is -0.475 e. The number of pyridine rings is 2. The van der Waals surface area contributed by atoms with Crippen LogP contribution in [-0.2, 0) is 11.3 Å². The van der Waals surface area contributed by atoms with Crippen molar-refractivity contribution < 1.29 is 9.47 Å². The van der Waals surface area contributed by atoms with E-state index in [1.807, 2.05) is 36.4 Å². The number of ether oxygens (including phenoxy) is 2. The maximum atomic E-state index is 9.15. The number of fused-ring (bicyclic) bond motifs is 1. The fourth-order valence-corrected chi connectivity index (χ4v) is 2.41. The maximum Gasteiger partial charge on any atom is 0.213 e. The number of rotatable bonds is 7. The van der Waals surface area contributed by atoms with E-state index in [2.05, 4.69) is 21.4 Å². The van der Waals surface area contributed by atoms with Crippen molar-refractivity contribution in [3.63, 3.8) is 0 Å². The van der Waals surface area contributed by atoms with Crippen LogP contribution in [-0.4, -0.2) is 30.3 Å². The quantitative estimate of drug-likeness (QED) is 0.669. The van der Waals surface area contributed by atoms with Crippen LogP contribution in [0.2, 0.25) is 0 Å².